The van der Waals surface area contributed by atoms with Crippen molar-refractivity contribution in [2.45, 2.75) is 67.0 Å². The molecule has 0 spiro atoms. The second-order valence-electron chi connectivity index (χ2n) is 11.6. The number of methoxy groups -OCH3 is 1. The van der Waals surface area contributed by atoms with Gasteiger partial charge < -0.3 is 25.3 Å². The normalized spacial score (nSPS) is 19.8. The lowest BCUT2D eigenvalue weighted by molar-refractivity contribution is -0.592. The lowest BCUT2D eigenvalue weighted by atomic mass is 9.81. The number of anilines is 1. The molecule has 1 saturated heterocycles. The summed E-state index contributed by atoms with van der Waals surface area (Å²) in [6, 6.07) is 6.41. The van der Waals surface area contributed by atoms with Crippen molar-refractivity contribution in [3.63, 3.8) is 0 Å². The van der Waals surface area contributed by atoms with E-state index in [1.807, 2.05) is 13.2 Å². The van der Waals surface area contributed by atoms with Crippen LogP contribution in [0.15, 0.2) is 30.1 Å². The maximum absolute atomic E-state index is 8.42. The second kappa shape index (κ2) is 10.9. The monoisotopic (exact) mass is 505 g/mol. The molecule has 1 aromatic heterocycles. The van der Waals surface area contributed by atoms with Crippen molar-refractivity contribution in [3.05, 3.63) is 52.5 Å². The van der Waals surface area contributed by atoms with Crippen LogP contribution in [0, 0.1) is 30.6 Å². The molecule has 2 aromatic rings. The van der Waals surface area contributed by atoms with Gasteiger partial charge in [-0.2, -0.15) is 0 Å². The molecule has 3 heterocycles. The van der Waals surface area contributed by atoms with Gasteiger partial charge in [0, 0.05) is 61.5 Å². The molecule has 0 bridgehead atoms. The number of benzene rings is 1. The number of quaternary nitrogens is 1. The number of hydrogen-bond acceptors (Lipinski definition) is 6. The van der Waals surface area contributed by atoms with E-state index in [9.17, 15) is 0 Å². The first kappa shape index (κ1) is 27.3. The summed E-state index contributed by atoms with van der Waals surface area (Å²) in [5, 5.41) is 10.5. The van der Waals surface area contributed by atoms with Crippen LogP contribution in [0.5, 0.6) is 0 Å². The molecule has 7 nitrogen and oxygen atoms in total. The molecular formula is C30H45N6O+. The van der Waals surface area contributed by atoms with Crippen LogP contribution in [0.1, 0.15) is 56.5 Å². The number of nitrogens with one attached hydrogen (secondary N) is 1. The molecule has 0 saturated carbocycles. The highest BCUT2D eigenvalue weighted by Gasteiger charge is 2.38. The molecule has 1 atom stereocenters. The van der Waals surface area contributed by atoms with Gasteiger partial charge >= 0.3 is 0 Å². The average molecular weight is 506 g/mol. The van der Waals surface area contributed by atoms with Gasteiger partial charge in [0.25, 0.3) is 0 Å². The molecule has 1 aromatic carbocycles. The lowest BCUT2D eigenvalue weighted by Crippen LogP contribution is -2.81. The van der Waals surface area contributed by atoms with E-state index in [0.29, 0.717) is 5.71 Å². The summed E-state index contributed by atoms with van der Waals surface area (Å²) in [4.78, 5) is 15.3. The molecule has 1 fully saturated rings. The van der Waals surface area contributed by atoms with Crippen molar-refractivity contribution in [2.75, 3.05) is 38.7 Å². The Morgan fingerprint density at radius 2 is 1.89 bits per heavy atom. The molecule has 1 unspecified atom stereocenters. The van der Waals surface area contributed by atoms with Crippen LogP contribution in [-0.4, -0.2) is 60.5 Å². The third kappa shape index (κ3) is 5.58. The van der Waals surface area contributed by atoms with Gasteiger partial charge in [0.05, 0.1) is 25.4 Å². The van der Waals surface area contributed by atoms with E-state index in [1.165, 1.54) is 16.7 Å². The zero-order chi connectivity index (χ0) is 26.9. The number of allylic oxidation sites excluding steroid dienone is 1. The van der Waals surface area contributed by atoms with E-state index >= 15 is 0 Å². The summed E-state index contributed by atoms with van der Waals surface area (Å²) >= 11 is 0. The van der Waals surface area contributed by atoms with Crippen LogP contribution < -0.4 is 10.2 Å². The molecular weight excluding hydrogens is 460 g/mol. The summed E-state index contributed by atoms with van der Waals surface area (Å²) in [7, 11) is 3.89. The van der Waals surface area contributed by atoms with Crippen molar-refractivity contribution in [3.8, 4) is 11.4 Å². The standard InChI is InChI=1S/C30H44N6O/c1-19(2)23(31)16-26(32-7)35-14-12-24-22(17-35)29(36-15-13-25(37-8)30(5,6)18-36)34-28(33-24)27-20(3)10-9-11-21(27)4/h9-11,16,19,25,31-32H,12-15,17-18H2,1-8H3/p+1. The predicted molar refractivity (Wildman–Crippen MR) is 151 cm³/mol. The molecule has 200 valence electrons. The Bertz CT molecular complexity index is 1160. The third-order valence-corrected chi connectivity index (χ3v) is 8.04. The molecule has 0 amide bonds. The zero-order valence-corrected chi connectivity index (χ0v) is 24.0. The van der Waals surface area contributed by atoms with Crippen molar-refractivity contribution in [2.24, 2.45) is 11.3 Å². The quantitative estimate of drug-likeness (QED) is 0.554. The van der Waals surface area contributed by atoms with E-state index in [2.05, 4.69) is 81.9 Å². The minimum atomic E-state index is 0.0204. The fraction of sp³-hybridized carbons (Fsp3) is 0.567. The molecule has 2 aliphatic rings. The van der Waals surface area contributed by atoms with Gasteiger partial charge in [-0.3, -0.25) is 0 Å². The lowest BCUT2D eigenvalue weighted by Gasteiger charge is -2.45. The third-order valence-electron chi connectivity index (χ3n) is 8.04. The molecule has 2 aliphatic heterocycles. The number of aryl methyl sites for hydroxylation is 2. The molecule has 3 N–H and O–H groups in total. The van der Waals surface area contributed by atoms with E-state index in [-0.39, 0.29) is 17.4 Å². The van der Waals surface area contributed by atoms with Crippen molar-refractivity contribution in [1.29, 1.82) is 5.41 Å². The number of nitrogens with two attached hydrogens (primary N) is 1. The number of nitrogens with zero attached hydrogens (tertiary/aromatic N) is 4. The van der Waals surface area contributed by atoms with E-state index in [4.69, 9.17) is 20.1 Å². The Balaban J connectivity index is 1.80. The second-order valence-corrected chi connectivity index (χ2v) is 11.6. The van der Waals surface area contributed by atoms with Crippen LogP contribution >= 0.6 is 0 Å². The minimum absolute atomic E-state index is 0.0204. The van der Waals surface area contributed by atoms with E-state index in [1.54, 1.807) is 0 Å². The van der Waals surface area contributed by atoms with Gasteiger partial charge in [-0.25, -0.2) is 9.97 Å². The number of piperidine rings is 1. The Kier molecular flexibility index (Phi) is 8.05. The zero-order valence-electron chi connectivity index (χ0n) is 24.0. The van der Waals surface area contributed by atoms with Crippen LogP contribution in [0.25, 0.3) is 11.4 Å². The fourth-order valence-electron chi connectivity index (χ4n) is 5.80. The number of aromatic nitrogens is 2. The van der Waals surface area contributed by atoms with Crippen LogP contribution in [0.3, 0.4) is 0 Å². The van der Waals surface area contributed by atoms with Gasteiger partial charge in [0.2, 0.25) is 5.82 Å². The Morgan fingerprint density at radius 3 is 2.49 bits per heavy atom. The number of fused-ring (bicyclic) bond motifs is 1. The topological polar surface area (TPSA) is 82.0 Å². The highest BCUT2D eigenvalue weighted by atomic mass is 16.5. The Morgan fingerprint density at radius 1 is 1.19 bits per heavy atom. The molecule has 0 radical (unpaired) electrons. The first-order valence-electron chi connectivity index (χ1n) is 13.6. The van der Waals surface area contributed by atoms with Gasteiger partial charge in [-0.15, -0.1) is 0 Å². The summed E-state index contributed by atoms with van der Waals surface area (Å²) in [5.74, 6) is 3.20. The molecule has 37 heavy (non-hydrogen) atoms. The van der Waals surface area contributed by atoms with Crippen LogP contribution in [0.2, 0.25) is 0 Å². The minimum Gasteiger partial charge on any atom is -0.381 e. The molecule has 4 rings (SSSR count). The van der Waals surface area contributed by atoms with Gasteiger partial charge in [-0.1, -0.05) is 45.9 Å². The number of rotatable bonds is 7. The average Bonchev–Trinajstić information content (AvgIpc) is 2.85. The summed E-state index contributed by atoms with van der Waals surface area (Å²) < 4.78 is 5.85. The predicted octanol–water partition coefficient (Wildman–Crippen LogP) is 4.08. The van der Waals surface area contributed by atoms with Crippen molar-refractivity contribution >= 4 is 11.5 Å². The first-order valence-corrected chi connectivity index (χ1v) is 13.6. The summed E-state index contributed by atoms with van der Waals surface area (Å²) in [6.07, 6.45) is 4.10. The highest BCUT2D eigenvalue weighted by Crippen LogP contribution is 2.38. The smallest absolute Gasteiger partial charge is 0.202 e. The summed E-state index contributed by atoms with van der Waals surface area (Å²) in [5.41, 5.74) is 6.61. The van der Waals surface area contributed by atoms with Gasteiger partial charge in [0.1, 0.15) is 5.82 Å². The van der Waals surface area contributed by atoms with Crippen molar-refractivity contribution in [1.82, 2.24) is 14.9 Å². The Hall–Kier alpha value is -2.77. The molecule has 0 aliphatic carbocycles. The van der Waals surface area contributed by atoms with Crippen LogP contribution in [-0.2, 0) is 17.7 Å². The fourth-order valence-corrected chi connectivity index (χ4v) is 5.80. The Labute approximate surface area is 222 Å². The van der Waals surface area contributed by atoms with Crippen molar-refractivity contribution < 1.29 is 10.1 Å². The number of ether oxygens (including phenoxy) is 1. The maximum atomic E-state index is 8.42. The maximum Gasteiger partial charge on any atom is 0.202 e. The summed E-state index contributed by atoms with van der Waals surface area (Å²) in [6.45, 7) is 16.5. The molecule has 7 heteroatoms. The van der Waals surface area contributed by atoms with Gasteiger partial charge in [-0.05, 0) is 37.3 Å². The SMILES string of the molecule is C[NH2+]C(=CC(=N)C(C)C)N1CCc2nc(-c3c(C)cccc3C)nc(N3CCC(OC)C(C)(C)C3)c2C1. The van der Waals surface area contributed by atoms with Gasteiger partial charge in [0.15, 0.2) is 5.82 Å². The largest absolute Gasteiger partial charge is 0.381 e. The van der Waals surface area contributed by atoms with E-state index in [0.717, 1.165) is 67.7 Å². The highest BCUT2D eigenvalue weighted by molar-refractivity contribution is 5.93. The van der Waals surface area contributed by atoms with E-state index < -0.39 is 0 Å². The van der Waals surface area contributed by atoms with Crippen LogP contribution in [0.4, 0.5) is 5.82 Å². The number of hydrogen-bond donors (Lipinski definition) is 2. The first-order chi connectivity index (χ1) is 17.6.